The Labute approximate surface area is 226 Å². The first-order chi connectivity index (χ1) is 18.7. The summed E-state index contributed by atoms with van der Waals surface area (Å²) in [6, 6.07) is 9.01. The van der Waals surface area contributed by atoms with Gasteiger partial charge in [0.15, 0.2) is 11.5 Å². The lowest BCUT2D eigenvalue weighted by Crippen LogP contribution is -2.69. The van der Waals surface area contributed by atoms with Crippen LogP contribution in [0.25, 0.3) is 6.08 Å². The predicted molar refractivity (Wildman–Crippen MR) is 140 cm³/mol. The third-order valence-electron chi connectivity index (χ3n) is 10.1. The molecule has 206 valence electrons. The molecule has 0 aromatic heterocycles. The SMILES string of the molecule is CN(C(=O)/C=C/c1cccc(C(F)(F)F)c1)C1CC[C@H]2[C@H]3Cc4ccc(O)c5c4[C@@]2(CCN3CC2CC2)C1O5. The van der Waals surface area contributed by atoms with Crippen LogP contribution < -0.4 is 4.74 Å². The van der Waals surface area contributed by atoms with E-state index in [1.54, 1.807) is 24.1 Å². The molecule has 5 atom stereocenters. The van der Waals surface area contributed by atoms with E-state index in [0.29, 0.717) is 23.3 Å². The number of benzene rings is 2. The topological polar surface area (TPSA) is 53.0 Å². The molecule has 1 N–H and O–H groups in total. The molecule has 2 aliphatic heterocycles. The first-order valence-corrected chi connectivity index (χ1v) is 14.0. The Morgan fingerprint density at radius 3 is 2.79 bits per heavy atom. The number of hydrogen-bond acceptors (Lipinski definition) is 4. The number of hydrogen-bond donors (Lipinski definition) is 1. The number of nitrogens with zero attached hydrogens (tertiary/aromatic N) is 2. The summed E-state index contributed by atoms with van der Waals surface area (Å²) < 4.78 is 46.0. The molecule has 1 amide bonds. The number of carbonyl (C=O) groups excluding carboxylic acids is 1. The zero-order chi connectivity index (χ0) is 27.1. The van der Waals surface area contributed by atoms with Gasteiger partial charge < -0.3 is 14.7 Å². The molecule has 8 heteroatoms. The summed E-state index contributed by atoms with van der Waals surface area (Å²) in [4.78, 5) is 17.7. The van der Waals surface area contributed by atoms with Crippen molar-refractivity contribution in [3.63, 3.8) is 0 Å². The van der Waals surface area contributed by atoms with Crippen molar-refractivity contribution in [2.45, 2.75) is 68.3 Å². The number of phenolic OH excluding ortho intramolecular Hbond substituents is 1. The second-order valence-corrected chi connectivity index (χ2v) is 12.1. The van der Waals surface area contributed by atoms with Gasteiger partial charge in [-0.2, -0.15) is 13.2 Å². The third-order valence-corrected chi connectivity index (χ3v) is 10.1. The van der Waals surface area contributed by atoms with Gasteiger partial charge in [-0.3, -0.25) is 9.69 Å². The van der Waals surface area contributed by atoms with E-state index in [1.165, 1.54) is 36.6 Å². The van der Waals surface area contributed by atoms with E-state index < -0.39 is 11.7 Å². The van der Waals surface area contributed by atoms with Crippen molar-refractivity contribution < 1.29 is 27.8 Å². The zero-order valence-electron chi connectivity index (χ0n) is 22.0. The van der Waals surface area contributed by atoms with Crippen LogP contribution in [0.3, 0.4) is 0 Å². The molecular weight excluding hydrogens is 505 g/mol. The van der Waals surface area contributed by atoms with E-state index in [-0.39, 0.29) is 29.2 Å². The van der Waals surface area contributed by atoms with Crippen LogP contribution in [-0.4, -0.2) is 59.1 Å². The van der Waals surface area contributed by atoms with Crippen molar-refractivity contribution >= 4 is 12.0 Å². The number of rotatable bonds is 5. The van der Waals surface area contributed by atoms with E-state index in [9.17, 15) is 23.1 Å². The van der Waals surface area contributed by atoms with Crippen molar-refractivity contribution in [3.8, 4) is 11.5 Å². The van der Waals surface area contributed by atoms with Crippen molar-refractivity contribution in [2.24, 2.45) is 11.8 Å². The molecule has 39 heavy (non-hydrogen) atoms. The molecule has 2 unspecified atom stereocenters. The second-order valence-electron chi connectivity index (χ2n) is 12.1. The quantitative estimate of drug-likeness (QED) is 0.518. The minimum Gasteiger partial charge on any atom is -0.504 e. The zero-order valence-corrected chi connectivity index (χ0v) is 22.0. The van der Waals surface area contributed by atoms with E-state index in [4.69, 9.17) is 4.74 Å². The maximum Gasteiger partial charge on any atom is 0.416 e. The maximum atomic E-state index is 13.3. The summed E-state index contributed by atoms with van der Waals surface area (Å²) in [6.45, 7) is 2.15. The minimum atomic E-state index is -4.44. The lowest BCUT2D eigenvalue weighted by atomic mass is 9.51. The third kappa shape index (κ3) is 3.89. The fourth-order valence-corrected chi connectivity index (χ4v) is 8.12. The molecule has 5 aliphatic rings. The van der Waals surface area contributed by atoms with E-state index in [0.717, 1.165) is 62.4 Å². The van der Waals surface area contributed by atoms with E-state index in [1.807, 2.05) is 0 Å². The molecule has 2 aromatic rings. The number of carbonyl (C=O) groups is 1. The Balaban J connectivity index is 1.18. The summed E-state index contributed by atoms with van der Waals surface area (Å²) in [5.74, 6) is 1.70. The number of alkyl halides is 3. The van der Waals surface area contributed by atoms with Gasteiger partial charge in [-0.25, -0.2) is 0 Å². The number of likely N-dealkylation sites (N-methyl/N-ethyl adjacent to an activating group) is 1. The Kier molecular flexibility index (Phi) is 5.61. The number of piperidine rings is 1. The highest BCUT2D eigenvalue weighted by Crippen LogP contribution is 2.64. The number of likely N-dealkylation sites (tertiary alicyclic amines) is 1. The monoisotopic (exact) mass is 538 g/mol. The van der Waals surface area contributed by atoms with Gasteiger partial charge >= 0.3 is 6.18 Å². The number of amides is 1. The van der Waals surface area contributed by atoms with Crippen LogP contribution in [0.4, 0.5) is 13.2 Å². The molecule has 2 bridgehead atoms. The number of aromatic hydroxyl groups is 1. The van der Waals surface area contributed by atoms with Crippen molar-refractivity contribution in [1.29, 1.82) is 0 Å². The van der Waals surface area contributed by atoms with Crippen molar-refractivity contribution in [2.75, 3.05) is 20.1 Å². The van der Waals surface area contributed by atoms with Crippen LogP contribution in [0.2, 0.25) is 0 Å². The lowest BCUT2D eigenvalue weighted by molar-refractivity contribution is -0.137. The van der Waals surface area contributed by atoms with Gasteiger partial charge in [0, 0.05) is 36.7 Å². The van der Waals surface area contributed by atoms with Gasteiger partial charge in [0.1, 0.15) is 6.10 Å². The highest BCUT2D eigenvalue weighted by atomic mass is 19.4. The van der Waals surface area contributed by atoms with Crippen LogP contribution in [-0.2, 0) is 22.8 Å². The summed E-state index contributed by atoms with van der Waals surface area (Å²) in [6.07, 6.45) is 4.41. The van der Waals surface area contributed by atoms with Gasteiger partial charge in [0.05, 0.1) is 11.6 Å². The molecule has 5 nitrogen and oxygen atoms in total. The van der Waals surface area contributed by atoms with Gasteiger partial charge in [-0.15, -0.1) is 0 Å². The normalized spacial score (nSPS) is 31.2. The highest BCUT2D eigenvalue weighted by molar-refractivity contribution is 5.92. The first-order valence-electron chi connectivity index (χ1n) is 14.0. The van der Waals surface area contributed by atoms with Crippen LogP contribution in [0, 0.1) is 11.8 Å². The second kappa shape index (κ2) is 8.75. The molecule has 2 heterocycles. The summed E-state index contributed by atoms with van der Waals surface area (Å²) in [5.41, 5.74) is 1.76. The van der Waals surface area contributed by atoms with Crippen LogP contribution >= 0.6 is 0 Å². The molecule has 2 aromatic carbocycles. The standard InChI is InChI=1S/C31H33F3N2O3/c1-35(26(38)12-7-18-3-2-4-21(15-18)31(32,33)34)23-10-9-22-24-16-20-8-11-25(37)28-27(20)30(22,29(23)39-28)13-14-36(24)17-19-5-6-19/h2-4,7-8,11-12,15,19,22-24,29,37H,5-6,9-10,13-14,16-17H2,1H3/b12-7+/t22-,23?,24+,29?,30-/m0/s1. The van der Waals surface area contributed by atoms with Crippen LogP contribution in [0.1, 0.15) is 54.4 Å². The number of halogens is 3. The Bertz CT molecular complexity index is 1350. The molecule has 2 saturated carbocycles. The molecule has 3 aliphatic carbocycles. The Morgan fingerprint density at radius 2 is 2.03 bits per heavy atom. The Morgan fingerprint density at radius 1 is 1.21 bits per heavy atom. The Hall–Kier alpha value is -3.00. The molecule has 3 fully saturated rings. The summed E-state index contributed by atoms with van der Waals surface area (Å²) in [5, 5.41) is 10.8. The van der Waals surface area contributed by atoms with Crippen LogP contribution in [0.5, 0.6) is 11.5 Å². The average molecular weight is 539 g/mol. The predicted octanol–water partition coefficient (Wildman–Crippen LogP) is 5.40. The smallest absolute Gasteiger partial charge is 0.416 e. The molecule has 1 saturated heterocycles. The maximum absolute atomic E-state index is 13.3. The lowest BCUT2D eigenvalue weighted by Gasteiger charge is -2.60. The van der Waals surface area contributed by atoms with Gasteiger partial charge in [0.2, 0.25) is 5.91 Å². The van der Waals surface area contributed by atoms with E-state index in [2.05, 4.69) is 11.0 Å². The average Bonchev–Trinajstić information content (AvgIpc) is 3.67. The molecule has 7 rings (SSSR count). The molecule has 1 spiro atoms. The fourth-order valence-electron chi connectivity index (χ4n) is 8.12. The largest absolute Gasteiger partial charge is 0.504 e. The van der Waals surface area contributed by atoms with Crippen molar-refractivity contribution in [1.82, 2.24) is 9.80 Å². The number of phenols is 1. The van der Waals surface area contributed by atoms with Gasteiger partial charge in [0.25, 0.3) is 0 Å². The first kappa shape index (κ1) is 25.0. The number of ether oxygens (including phenoxy) is 1. The molecule has 0 radical (unpaired) electrons. The van der Waals surface area contributed by atoms with Gasteiger partial charge in [-0.05, 0) is 92.3 Å². The summed E-state index contributed by atoms with van der Waals surface area (Å²) >= 11 is 0. The fraction of sp³-hybridized carbons (Fsp3) is 0.516. The summed E-state index contributed by atoms with van der Waals surface area (Å²) in [7, 11) is 1.76. The minimum absolute atomic E-state index is 0.160. The highest BCUT2D eigenvalue weighted by Gasteiger charge is 2.66. The van der Waals surface area contributed by atoms with E-state index >= 15 is 0 Å². The van der Waals surface area contributed by atoms with Crippen LogP contribution in [0.15, 0.2) is 42.5 Å². The molecular formula is C31H33F3N2O3. The van der Waals surface area contributed by atoms with Crippen molar-refractivity contribution in [3.05, 3.63) is 64.7 Å². The van der Waals surface area contributed by atoms with Gasteiger partial charge in [-0.1, -0.05) is 18.2 Å².